The SMILES string of the molecule is C[C@@H](N)CC1=CN(C(N)=O)CN1COCc1ccccc1. The van der Waals surface area contributed by atoms with Crippen molar-refractivity contribution in [1.29, 1.82) is 0 Å². The van der Waals surface area contributed by atoms with Crippen LogP contribution in [-0.4, -0.2) is 35.3 Å². The second-order valence-corrected chi connectivity index (χ2v) is 5.25. The van der Waals surface area contributed by atoms with Crippen LogP contribution in [0.4, 0.5) is 4.79 Å². The number of nitrogens with two attached hydrogens (primary N) is 2. The number of carbonyl (C=O) groups excluding carboxylic acids is 1. The molecule has 6 nitrogen and oxygen atoms in total. The third-order valence-electron chi connectivity index (χ3n) is 3.21. The first kappa shape index (κ1) is 15.3. The lowest BCUT2D eigenvalue weighted by Crippen LogP contribution is -2.36. The maximum absolute atomic E-state index is 11.3. The molecule has 0 aromatic heterocycles. The largest absolute Gasteiger partial charge is 0.356 e. The van der Waals surface area contributed by atoms with Crippen LogP contribution in [0, 0.1) is 0 Å². The molecule has 1 heterocycles. The first-order valence-electron chi connectivity index (χ1n) is 6.95. The van der Waals surface area contributed by atoms with E-state index in [1.807, 2.05) is 42.2 Å². The number of primary amides is 1. The van der Waals surface area contributed by atoms with Gasteiger partial charge in [-0.25, -0.2) is 4.79 Å². The molecule has 0 spiro atoms. The zero-order valence-electron chi connectivity index (χ0n) is 12.2. The monoisotopic (exact) mass is 290 g/mol. The molecule has 0 radical (unpaired) electrons. The van der Waals surface area contributed by atoms with Crippen LogP contribution in [0.3, 0.4) is 0 Å². The van der Waals surface area contributed by atoms with Crippen LogP contribution in [0.1, 0.15) is 18.9 Å². The number of rotatable bonds is 6. The fraction of sp³-hybridized carbons (Fsp3) is 0.400. The Bertz CT molecular complexity index is 502. The summed E-state index contributed by atoms with van der Waals surface area (Å²) in [6.45, 7) is 3.26. The molecule has 114 valence electrons. The highest BCUT2D eigenvalue weighted by molar-refractivity contribution is 5.73. The molecule has 2 amide bonds. The Labute approximate surface area is 124 Å². The summed E-state index contributed by atoms with van der Waals surface area (Å²) in [7, 11) is 0. The summed E-state index contributed by atoms with van der Waals surface area (Å²) in [5.74, 6) is 0. The van der Waals surface area contributed by atoms with Gasteiger partial charge in [0.15, 0.2) is 0 Å². The number of nitrogens with zero attached hydrogens (tertiary/aromatic N) is 2. The van der Waals surface area contributed by atoms with Crippen LogP contribution < -0.4 is 11.5 Å². The number of urea groups is 1. The summed E-state index contributed by atoms with van der Waals surface area (Å²) < 4.78 is 5.71. The average molecular weight is 290 g/mol. The van der Waals surface area contributed by atoms with Crippen molar-refractivity contribution in [2.45, 2.75) is 26.0 Å². The van der Waals surface area contributed by atoms with Gasteiger partial charge in [-0.3, -0.25) is 4.90 Å². The van der Waals surface area contributed by atoms with Crippen molar-refractivity contribution >= 4 is 6.03 Å². The van der Waals surface area contributed by atoms with Gasteiger partial charge in [-0.2, -0.15) is 0 Å². The van der Waals surface area contributed by atoms with Crippen molar-refractivity contribution in [3.8, 4) is 0 Å². The van der Waals surface area contributed by atoms with E-state index in [2.05, 4.69) is 0 Å². The van der Waals surface area contributed by atoms with Crippen molar-refractivity contribution in [3.05, 3.63) is 47.8 Å². The van der Waals surface area contributed by atoms with E-state index in [4.69, 9.17) is 16.2 Å². The normalized spacial score (nSPS) is 16.0. The van der Waals surface area contributed by atoms with Crippen LogP contribution in [-0.2, 0) is 11.3 Å². The molecule has 1 atom stereocenters. The second-order valence-electron chi connectivity index (χ2n) is 5.25. The van der Waals surface area contributed by atoms with Gasteiger partial charge in [-0.05, 0) is 12.5 Å². The van der Waals surface area contributed by atoms with Crippen LogP contribution in [0.25, 0.3) is 0 Å². The van der Waals surface area contributed by atoms with E-state index < -0.39 is 6.03 Å². The summed E-state index contributed by atoms with van der Waals surface area (Å²) in [4.78, 5) is 14.7. The van der Waals surface area contributed by atoms with Gasteiger partial charge >= 0.3 is 6.03 Å². The lowest BCUT2D eigenvalue weighted by molar-refractivity contribution is 0.0302. The highest BCUT2D eigenvalue weighted by Gasteiger charge is 2.24. The molecule has 0 saturated heterocycles. The number of amides is 2. The zero-order valence-corrected chi connectivity index (χ0v) is 12.2. The molecule has 0 unspecified atom stereocenters. The Morgan fingerprint density at radius 1 is 1.38 bits per heavy atom. The van der Waals surface area contributed by atoms with E-state index >= 15 is 0 Å². The number of ether oxygens (including phenoxy) is 1. The fourth-order valence-electron chi connectivity index (χ4n) is 2.19. The predicted octanol–water partition coefficient (Wildman–Crippen LogP) is 1.39. The smallest absolute Gasteiger partial charge is 0.320 e. The van der Waals surface area contributed by atoms with Gasteiger partial charge in [0.2, 0.25) is 0 Å². The maximum Gasteiger partial charge on any atom is 0.320 e. The van der Waals surface area contributed by atoms with E-state index in [-0.39, 0.29) is 6.04 Å². The molecule has 0 fully saturated rings. The molecule has 0 aliphatic carbocycles. The first-order valence-corrected chi connectivity index (χ1v) is 6.95. The van der Waals surface area contributed by atoms with Crippen molar-refractivity contribution in [2.75, 3.05) is 13.4 Å². The number of hydrogen-bond donors (Lipinski definition) is 2. The Kier molecular flexibility index (Phi) is 5.19. The predicted molar refractivity (Wildman–Crippen MR) is 80.6 cm³/mol. The Morgan fingerprint density at radius 2 is 2.10 bits per heavy atom. The molecule has 6 heteroatoms. The summed E-state index contributed by atoms with van der Waals surface area (Å²) >= 11 is 0. The third kappa shape index (κ3) is 4.47. The second kappa shape index (κ2) is 7.10. The van der Waals surface area contributed by atoms with Crippen LogP contribution in [0.5, 0.6) is 0 Å². The van der Waals surface area contributed by atoms with E-state index in [1.54, 1.807) is 6.20 Å². The molecule has 21 heavy (non-hydrogen) atoms. The van der Waals surface area contributed by atoms with E-state index in [0.29, 0.717) is 26.4 Å². The first-order chi connectivity index (χ1) is 10.1. The summed E-state index contributed by atoms with van der Waals surface area (Å²) in [6, 6.07) is 9.49. The number of carbonyl (C=O) groups is 1. The van der Waals surface area contributed by atoms with Crippen molar-refractivity contribution in [3.63, 3.8) is 0 Å². The molecule has 1 aliphatic rings. The van der Waals surface area contributed by atoms with Gasteiger partial charge in [0.05, 0.1) is 6.61 Å². The van der Waals surface area contributed by atoms with E-state index in [0.717, 1.165) is 11.3 Å². The zero-order chi connectivity index (χ0) is 15.2. The molecular formula is C15H22N4O2. The summed E-state index contributed by atoms with van der Waals surface area (Å²) in [5.41, 5.74) is 13.2. The minimum Gasteiger partial charge on any atom is -0.356 e. The van der Waals surface area contributed by atoms with Crippen molar-refractivity contribution in [1.82, 2.24) is 9.80 Å². The standard InChI is InChI=1S/C15H22N4O2/c1-12(16)7-14-8-18(15(17)20)10-19(14)11-21-9-13-5-3-2-4-6-13/h2-6,8,12H,7,9-11,16H2,1H3,(H2,17,20)/t12-/m1/s1. The topological polar surface area (TPSA) is 84.8 Å². The molecule has 4 N–H and O–H groups in total. The molecule has 1 aliphatic heterocycles. The molecular weight excluding hydrogens is 268 g/mol. The highest BCUT2D eigenvalue weighted by Crippen LogP contribution is 2.20. The Balaban J connectivity index is 1.89. The Hall–Kier alpha value is -2.05. The molecule has 1 aromatic carbocycles. The Morgan fingerprint density at radius 3 is 2.71 bits per heavy atom. The van der Waals surface area contributed by atoms with Crippen LogP contribution >= 0.6 is 0 Å². The van der Waals surface area contributed by atoms with Gasteiger partial charge < -0.3 is 21.1 Å². The van der Waals surface area contributed by atoms with Crippen LogP contribution in [0.15, 0.2) is 42.2 Å². The average Bonchev–Trinajstić information content (AvgIpc) is 2.83. The third-order valence-corrected chi connectivity index (χ3v) is 3.21. The number of hydrogen-bond acceptors (Lipinski definition) is 4. The molecule has 1 aromatic rings. The van der Waals surface area contributed by atoms with Crippen LogP contribution in [0.2, 0.25) is 0 Å². The lowest BCUT2D eigenvalue weighted by Gasteiger charge is -2.23. The van der Waals surface area contributed by atoms with Crippen molar-refractivity contribution < 1.29 is 9.53 Å². The molecule has 2 rings (SSSR count). The van der Waals surface area contributed by atoms with Gasteiger partial charge in [0.1, 0.15) is 13.4 Å². The quantitative estimate of drug-likeness (QED) is 0.829. The molecule has 0 bridgehead atoms. The van der Waals surface area contributed by atoms with Gasteiger partial charge in [-0.15, -0.1) is 0 Å². The number of benzene rings is 1. The summed E-state index contributed by atoms with van der Waals surface area (Å²) in [5, 5.41) is 0. The summed E-state index contributed by atoms with van der Waals surface area (Å²) in [6.07, 6.45) is 2.43. The molecule has 0 saturated carbocycles. The van der Waals surface area contributed by atoms with Gasteiger partial charge in [0, 0.05) is 24.4 Å². The minimum atomic E-state index is -0.470. The fourth-order valence-corrected chi connectivity index (χ4v) is 2.19. The maximum atomic E-state index is 11.3. The minimum absolute atomic E-state index is 0.0145. The van der Waals surface area contributed by atoms with E-state index in [1.165, 1.54) is 4.90 Å². The van der Waals surface area contributed by atoms with E-state index in [9.17, 15) is 4.79 Å². The van der Waals surface area contributed by atoms with Gasteiger partial charge in [0.25, 0.3) is 0 Å². The van der Waals surface area contributed by atoms with Crippen molar-refractivity contribution in [2.24, 2.45) is 11.5 Å². The lowest BCUT2D eigenvalue weighted by atomic mass is 10.2. The highest BCUT2D eigenvalue weighted by atomic mass is 16.5. The van der Waals surface area contributed by atoms with Gasteiger partial charge in [-0.1, -0.05) is 30.3 Å².